The van der Waals surface area contributed by atoms with Gasteiger partial charge in [0, 0.05) is 52.0 Å². The van der Waals surface area contributed by atoms with Crippen molar-refractivity contribution in [3.05, 3.63) is 36.0 Å². The van der Waals surface area contributed by atoms with E-state index in [2.05, 4.69) is 19.6 Å². The maximum atomic E-state index is 14.5. The van der Waals surface area contributed by atoms with Crippen LogP contribution in [-0.2, 0) is 42.9 Å². The van der Waals surface area contributed by atoms with E-state index in [4.69, 9.17) is 23.7 Å². The SMILES string of the molecule is C=CCCC1(C=C(C)C2OC(=O)C3CCCCN3C(=O)C(=O)C3(O)OC(C(OC)CC(C)CC(C)=CC(CC)C(=O)CC(O)C2C)C(OC)CC3C)CC[C@H](O)C(OC)C1. The Balaban J connectivity index is 1.82. The van der Waals surface area contributed by atoms with Crippen LogP contribution in [0.4, 0.5) is 0 Å². The summed E-state index contributed by atoms with van der Waals surface area (Å²) in [5, 5.41) is 34.7. The predicted molar refractivity (Wildman–Crippen MR) is 226 cm³/mol. The highest BCUT2D eigenvalue weighted by Gasteiger charge is 2.56. The summed E-state index contributed by atoms with van der Waals surface area (Å²) < 4.78 is 30.1. The Morgan fingerprint density at radius 2 is 1.63 bits per heavy atom. The molecule has 13 heteroatoms. The van der Waals surface area contributed by atoms with Crippen molar-refractivity contribution in [1.29, 1.82) is 0 Å². The molecule has 0 spiro atoms. The van der Waals surface area contributed by atoms with Crippen LogP contribution in [0.25, 0.3) is 0 Å². The number of amides is 1. The fourth-order valence-electron chi connectivity index (χ4n) is 10.3. The summed E-state index contributed by atoms with van der Waals surface area (Å²) >= 11 is 0. The van der Waals surface area contributed by atoms with Gasteiger partial charge >= 0.3 is 5.97 Å². The number of methoxy groups -OCH3 is 3. The minimum absolute atomic E-state index is 0.0265. The minimum Gasteiger partial charge on any atom is -0.456 e. The van der Waals surface area contributed by atoms with Crippen molar-refractivity contribution in [3.8, 4) is 0 Å². The summed E-state index contributed by atoms with van der Waals surface area (Å²) in [5.41, 5.74) is 1.19. The predicted octanol–water partition coefficient (Wildman–Crippen LogP) is 5.81. The number of rotatable bonds is 9. The number of cyclic esters (lactones) is 1. The molecule has 3 N–H and O–H groups in total. The van der Waals surface area contributed by atoms with Gasteiger partial charge in [0.15, 0.2) is 0 Å². The number of Topliss-reactive ketones (excluding diaryl/α,β-unsaturated/α-hetero) is 2. The Hall–Kier alpha value is -2.78. The van der Waals surface area contributed by atoms with Crippen molar-refractivity contribution in [2.24, 2.45) is 29.1 Å². The van der Waals surface area contributed by atoms with E-state index in [0.717, 1.165) is 5.57 Å². The molecule has 1 amide bonds. The van der Waals surface area contributed by atoms with E-state index < -0.39 is 95.4 Å². The second-order valence-corrected chi connectivity index (χ2v) is 18.5. The average Bonchev–Trinajstić information content (AvgIpc) is 3.23. The number of ketones is 2. The van der Waals surface area contributed by atoms with Gasteiger partial charge in [-0.1, -0.05) is 51.5 Å². The molecular formula is C47H75NO12. The number of allylic oxidation sites excluding steroid dienone is 4. The lowest BCUT2D eigenvalue weighted by Crippen LogP contribution is -2.64. The van der Waals surface area contributed by atoms with E-state index in [1.807, 2.05) is 32.9 Å². The summed E-state index contributed by atoms with van der Waals surface area (Å²) in [6, 6.07) is -1.15. The monoisotopic (exact) mass is 846 g/mol. The molecule has 3 aliphatic heterocycles. The molecule has 14 atom stereocenters. The molecule has 1 saturated carbocycles. The van der Waals surface area contributed by atoms with Gasteiger partial charge in [0.25, 0.3) is 11.7 Å². The largest absolute Gasteiger partial charge is 0.456 e. The van der Waals surface area contributed by atoms with Gasteiger partial charge < -0.3 is 43.9 Å². The van der Waals surface area contributed by atoms with E-state index in [-0.39, 0.29) is 37.5 Å². The summed E-state index contributed by atoms with van der Waals surface area (Å²) in [6.07, 6.45) is 6.64. The number of hydrogen-bond donors (Lipinski definition) is 3. The molecular weight excluding hydrogens is 771 g/mol. The third-order valence-corrected chi connectivity index (χ3v) is 14.0. The van der Waals surface area contributed by atoms with Gasteiger partial charge in [0.1, 0.15) is 24.0 Å². The zero-order valence-electron chi connectivity index (χ0n) is 37.7. The average molecular weight is 846 g/mol. The Morgan fingerprint density at radius 1 is 0.967 bits per heavy atom. The van der Waals surface area contributed by atoms with E-state index in [9.17, 15) is 34.5 Å². The number of hydrogen-bond acceptors (Lipinski definition) is 12. The van der Waals surface area contributed by atoms with Gasteiger partial charge in [-0.3, -0.25) is 14.4 Å². The fraction of sp³-hybridized carbons (Fsp3) is 0.787. The highest BCUT2D eigenvalue weighted by atomic mass is 16.7. The number of aliphatic hydroxyl groups is 3. The molecule has 4 rings (SSSR count). The van der Waals surface area contributed by atoms with Crippen LogP contribution in [0.2, 0.25) is 0 Å². The highest BCUT2D eigenvalue weighted by Crippen LogP contribution is 2.45. The van der Waals surface area contributed by atoms with Crippen LogP contribution in [0.5, 0.6) is 0 Å². The number of fused-ring (bicyclic) bond motifs is 3. The molecule has 0 aromatic heterocycles. The molecule has 0 radical (unpaired) electrons. The Bertz CT molecular complexity index is 1560. The topological polar surface area (TPSA) is 178 Å². The van der Waals surface area contributed by atoms with Crippen LogP contribution in [0.3, 0.4) is 0 Å². The molecule has 2 saturated heterocycles. The molecule has 60 heavy (non-hydrogen) atoms. The molecule has 13 unspecified atom stereocenters. The first-order valence-electron chi connectivity index (χ1n) is 22.3. The lowest BCUT2D eigenvalue weighted by molar-refractivity contribution is -0.302. The highest BCUT2D eigenvalue weighted by molar-refractivity contribution is 6.39. The van der Waals surface area contributed by atoms with Crippen LogP contribution in [-0.4, -0.2) is 126 Å². The summed E-state index contributed by atoms with van der Waals surface area (Å²) in [4.78, 5) is 58.3. The molecule has 13 nitrogen and oxygen atoms in total. The van der Waals surface area contributed by atoms with Crippen molar-refractivity contribution in [2.45, 2.75) is 180 Å². The first-order valence-corrected chi connectivity index (χ1v) is 22.3. The molecule has 340 valence electrons. The maximum Gasteiger partial charge on any atom is 0.329 e. The molecule has 3 heterocycles. The van der Waals surface area contributed by atoms with Crippen LogP contribution in [0.15, 0.2) is 36.0 Å². The third kappa shape index (κ3) is 11.6. The van der Waals surface area contributed by atoms with Crippen molar-refractivity contribution in [3.63, 3.8) is 0 Å². The number of carbonyl (C=O) groups is 4. The van der Waals surface area contributed by atoms with E-state index in [1.54, 1.807) is 21.0 Å². The van der Waals surface area contributed by atoms with Gasteiger partial charge in [-0.2, -0.15) is 0 Å². The Morgan fingerprint density at radius 3 is 2.27 bits per heavy atom. The van der Waals surface area contributed by atoms with Crippen LogP contribution >= 0.6 is 0 Å². The van der Waals surface area contributed by atoms with Crippen LogP contribution < -0.4 is 0 Å². The second-order valence-electron chi connectivity index (χ2n) is 18.5. The third-order valence-electron chi connectivity index (χ3n) is 14.0. The standard InChI is InChI=1S/C47H75NO12/c1-11-13-18-46(19-17-35(49)40(27-46)58-10)26-30(5)41-32(7)36(50)25-37(51)33(12-2)22-28(3)21-29(4)23-38(56-8)42-39(57-9)24-31(6)47(55,60-42)43(52)44(53)48-20-15-14-16-34(48)45(54)59-41/h11,22,26,29,31-36,38-42,49-50,55H,1,12-21,23-25,27H2,2-10H3/t29?,31?,32?,33?,34?,35-,36?,38?,39?,40?,41?,42?,46?,47?/m0/s1. The molecule has 4 aliphatic rings. The first-order chi connectivity index (χ1) is 28.4. The van der Waals surface area contributed by atoms with Crippen molar-refractivity contribution >= 4 is 23.4 Å². The fourth-order valence-corrected chi connectivity index (χ4v) is 10.3. The van der Waals surface area contributed by atoms with Crippen molar-refractivity contribution < 1.29 is 58.2 Å². The van der Waals surface area contributed by atoms with Crippen LogP contribution in [0.1, 0.15) is 125 Å². The molecule has 3 fully saturated rings. The Labute approximate surface area is 358 Å². The number of esters is 1. The van der Waals surface area contributed by atoms with Crippen LogP contribution in [0, 0.1) is 29.1 Å². The number of nitrogens with zero attached hydrogens (tertiary/aromatic N) is 1. The van der Waals surface area contributed by atoms with Gasteiger partial charge in [-0.15, -0.1) is 6.58 Å². The minimum atomic E-state index is -2.51. The quantitative estimate of drug-likeness (QED) is 0.144. The van der Waals surface area contributed by atoms with E-state index in [1.165, 1.54) is 19.1 Å². The number of aliphatic hydroxyl groups excluding tert-OH is 2. The normalized spacial score (nSPS) is 39.9. The van der Waals surface area contributed by atoms with Gasteiger partial charge in [0.2, 0.25) is 5.79 Å². The van der Waals surface area contributed by atoms with E-state index in [0.29, 0.717) is 69.8 Å². The van der Waals surface area contributed by atoms with Gasteiger partial charge in [-0.05, 0) is 108 Å². The number of carbonyl (C=O) groups excluding carboxylic acids is 4. The lowest BCUT2D eigenvalue weighted by Gasteiger charge is -2.47. The molecule has 2 bridgehead atoms. The zero-order valence-corrected chi connectivity index (χ0v) is 37.7. The zero-order chi connectivity index (χ0) is 44.5. The number of piperidine rings is 1. The number of ether oxygens (including phenoxy) is 5. The maximum absolute atomic E-state index is 14.5. The van der Waals surface area contributed by atoms with E-state index >= 15 is 0 Å². The Kier molecular flexibility index (Phi) is 18.3. The second kappa shape index (κ2) is 22.0. The van der Waals surface area contributed by atoms with Crippen molar-refractivity contribution in [2.75, 3.05) is 27.9 Å². The summed E-state index contributed by atoms with van der Waals surface area (Å²) in [6.45, 7) is 15.2. The molecule has 0 aromatic rings. The smallest absolute Gasteiger partial charge is 0.329 e. The lowest BCUT2D eigenvalue weighted by atomic mass is 9.67. The summed E-state index contributed by atoms with van der Waals surface area (Å²) in [7, 11) is 4.64. The molecule has 1 aliphatic carbocycles. The summed E-state index contributed by atoms with van der Waals surface area (Å²) in [5.74, 6) is -7.61. The van der Waals surface area contributed by atoms with Gasteiger partial charge in [-0.25, -0.2) is 4.79 Å². The van der Waals surface area contributed by atoms with Gasteiger partial charge in [0.05, 0.1) is 30.5 Å². The molecule has 0 aromatic carbocycles. The van der Waals surface area contributed by atoms with Crippen molar-refractivity contribution in [1.82, 2.24) is 4.90 Å². The first kappa shape index (κ1) is 49.9.